The van der Waals surface area contributed by atoms with Crippen LogP contribution in [0.25, 0.3) is 0 Å². The topological polar surface area (TPSA) is 47.9 Å². The SMILES string of the molecule is CNC1=C(C=N)CCNC1. The lowest BCUT2D eigenvalue weighted by Gasteiger charge is -2.17. The summed E-state index contributed by atoms with van der Waals surface area (Å²) in [6.45, 7) is 1.87. The molecule has 0 fully saturated rings. The second-order valence-corrected chi connectivity index (χ2v) is 2.32. The highest BCUT2D eigenvalue weighted by molar-refractivity contribution is 5.77. The fraction of sp³-hybridized carbons (Fsp3) is 0.571. The van der Waals surface area contributed by atoms with Crippen LogP contribution in [0.2, 0.25) is 0 Å². The molecule has 3 heteroatoms. The Bertz CT molecular complexity index is 160. The Labute approximate surface area is 61.0 Å². The predicted octanol–water partition coefficient (Wildman–Crippen LogP) is 0.103. The molecule has 3 nitrogen and oxygen atoms in total. The molecule has 0 amide bonds. The molecule has 0 bridgehead atoms. The quantitative estimate of drug-likeness (QED) is 0.475. The van der Waals surface area contributed by atoms with E-state index in [2.05, 4.69) is 10.6 Å². The average Bonchev–Trinajstić information content (AvgIpc) is 2.04. The van der Waals surface area contributed by atoms with Crippen LogP contribution >= 0.6 is 0 Å². The van der Waals surface area contributed by atoms with Crippen molar-refractivity contribution >= 4 is 6.21 Å². The Kier molecular flexibility index (Phi) is 2.45. The van der Waals surface area contributed by atoms with Crippen molar-refractivity contribution in [2.75, 3.05) is 20.1 Å². The molecule has 0 aromatic heterocycles. The van der Waals surface area contributed by atoms with Crippen LogP contribution in [0.3, 0.4) is 0 Å². The van der Waals surface area contributed by atoms with Crippen molar-refractivity contribution in [1.29, 1.82) is 5.41 Å². The number of hydrogen-bond acceptors (Lipinski definition) is 3. The standard InChI is InChI=1S/C7H13N3/c1-9-7-5-10-3-2-6(7)4-8/h4,8-10H,2-3,5H2,1H3. The number of likely N-dealkylation sites (N-methyl/N-ethyl adjacent to an activating group) is 1. The molecule has 10 heavy (non-hydrogen) atoms. The van der Waals surface area contributed by atoms with Gasteiger partial charge in [-0.15, -0.1) is 0 Å². The summed E-state index contributed by atoms with van der Waals surface area (Å²) < 4.78 is 0. The monoisotopic (exact) mass is 139 g/mol. The number of hydrogen-bond donors (Lipinski definition) is 3. The Morgan fingerprint density at radius 3 is 3.00 bits per heavy atom. The third-order valence-electron chi connectivity index (χ3n) is 1.74. The Balaban J connectivity index is 2.72. The van der Waals surface area contributed by atoms with Crippen LogP contribution in [0.15, 0.2) is 11.3 Å². The molecule has 0 unspecified atom stereocenters. The smallest absolute Gasteiger partial charge is 0.0357 e. The van der Waals surface area contributed by atoms with Crippen molar-refractivity contribution in [3.63, 3.8) is 0 Å². The summed E-state index contributed by atoms with van der Waals surface area (Å²) in [6, 6.07) is 0. The summed E-state index contributed by atoms with van der Waals surface area (Å²) in [4.78, 5) is 0. The second kappa shape index (κ2) is 3.37. The molecule has 3 N–H and O–H groups in total. The van der Waals surface area contributed by atoms with E-state index in [1.165, 1.54) is 6.21 Å². The van der Waals surface area contributed by atoms with Crippen LogP contribution < -0.4 is 10.6 Å². The van der Waals surface area contributed by atoms with E-state index in [4.69, 9.17) is 5.41 Å². The molecule has 0 radical (unpaired) electrons. The van der Waals surface area contributed by atoms with Crippen molar-refractivity contribution in [2.45, 2.75) is 6.42 Å². The third-order valence-corrected chi connectivity index (χ3v) is 1.74. The van der Waals surface area contributed by atoms with Crippen molar-refractivity contribution in [3.05, 3.63) is 11.3 Å². The Morgan fingerprint density at radius 1 is 1.70 bits per heavy atom. The summed E-state index contributed by atoms with van der Waals surface area (Å²) >= 11 is 0. The van der Waals surface area contributed by atoms with Gasteiger partial charge in [-0.3, -0.25) is 0 Å². The van der Waals surface area contributed by atoms with Gasteiger partial charge in [0.1, 0.15) is 0 Å². The van der Waals surface area contributed by atoms with Crippen LogP contribution in [0.5, 0.6) is 0 Å². The number of nitrogens with one attached hydrogen (secondary N) is 3. The van der Waals surface area contributed by atoms with Crippen molar-refractivity contribution in [3.8, 4) is 0 Å². The molecule has 1 aliphatic rings. The molecule has 1 rings (SSSR count). The molecule has 56 valence electrons. The van der Waals surface area contributed by atoms with Crippen LogP contribution in [-0.2, 0) is 0 Å². The predicted molar refractivity (Wildman–Crippen MR) is 42.4 cm³/mol. The van der Waals surface area contributed by atoms with E-state index in [9.17, 15) is 0 Å². The average molecular weight is 139 g/mol. The maximum atomic E-state index is 7.08. The molecule has 0 saturated carbocycles. The van der Waals surface area contributed by atoms with Crippen molar-refractivity contribution in [2.24, 2.45) is 0 Å². The van der Waals surface area contributed by atoms with Gasteiger partial charge in [0, 0.05) is 25.5 Å². The zero-order valence-electron chi connectivity index (χ0n) is 6.20. The summed E-state index contributed by atoms with van der Waals surface area (Å²) in [7, 11) is 1.89. The zero-order valence-corrected chi connectivity index (χ0v) is 6.20. The van der Waals surface area contributed by atoms with Crippen LogP contribution in [0.4, 0.5) is 0 Å². The van der Waals surface area contributed by atoms with Gasteiger partial charge < -0.3 is 16.0 Å². The molecular formula is C7H13N3. The van der Waals surface area contributed by atoms with E-state index < -0.39 is 0 Å². The summed E-state index contributed by atoms with van der Waals surface area (Å²) in [6.07, 6.45) is 2.41. The van der Waals surface area contributed by atoms with Crippen molar-refractivity contribution < 1.29 is 0 Å². The minimum Gasteiger partial charge on any atom is -0.390 e. The summed E-state index contributed by atoms with van der Waals surface area (Å²) in [5.41, 5.74) is 2.28. The lowest BCUT2D eigenvalue weighted by atomic mass is 10.1. The summed E-state index contributed by atoms with van der Waals surface area (Å²) in [5, 5.41) is 13.4. The maximum absolute atomic E-state index is 7.08. The molecule has 0 spiro atoms. The van der Waals surface area contributed by atoms with Crippen molar-refractivity contribution in [1.82, 2.24) is 10.6 Å². The van der Waals surface area contributed by atoms with Gasteiger partial charge in [-0.2, -0.15) is 0 Å². The van der Waals surface area contributed by atoms with Gasteiger partial charge in [-0.25, -0.2) is 0 Å². The Hall–Kier alpha value is -0.830. The minimum atomic E-state index is 0.876. The first-order valence-corrected chi connectivity index (χ1v) is 3.49. The third kappa shape index (κ3) is 1.36. The van der Waals surface area contributed by atoms with E-state index in [-0.39, 0.29) is 0 Å². The first kappa shape index (κ1) is 7.28. The number of rotatable bonds is 2. The van der Waals surface area contributed by atoms with Crippen LogP contribution in [0, 0.1) is 5.41 Å². The van der Waals surface area contributed by atoms with Gasteiger partial charge in [0.2, 0.25) is 0 Å². The van der Waals surface area contributed by atoms with Gasteiger partial charge in [-0.05, 0) is 18.5 Å². The fourth-order valence-corrected chi connectivity index (χ4v) is 1.11. The molecule has 0 aromatic rings. The van der Waals surface area contributed by atoms with Gasteiger partial charge in [0.15, 0.2) is 0 Å². The zero-order chi connectivity index (χ0) is 7.40. The van der Waals surface area contributed by atoms with Gasteiger partial charge in [0.05, 0.1) is 0 Å². The largest absolute Gasteiger partial charge is 0.390 e. The normalized spacial score (nSPS) is 18.9. The molecule has 1 aliphatic heterocycles. The van der Waals surface area contributed by atoms with Gasteiger partial charge in [-0.1, -0.05) is 0 Å². The van der Waals surface area contributed by atoms with E-state index >= 15 is 0 Å². The fourth-order valence-electron chi connectivity index (χ4n) is 1.11. The van der Waals surface area contributed by atoms with Gasteiger partial charge >= 0.3 is 0 Å². The lowest BCUT2D eigenvalue weighted by Crippen LogP contribution is -2.30. The van der Waals surface area contributed by atoms with E-state index in [0.29, 0.717) is 0 Å². The second-order valence-electron chi connectivity index (χ2n) is 2.32. The minimum absolute atomic E-state index is 0.876. The molecular weight excluding hydrogens is 126 g/mol. The highest BCUT2D eigenvalue weighted by Gasteiger charge is 2.07. The lowest BCUT2D eigenvalue weighted by molar-refractivity contribution is 0.660. The molecule has 0 atom stereocenters. The van der Waals surface area contributed by atoms with Crippen LogP contribution in [-0.4, -0.2) is 26.4 Å². The molecule has 0 aliphatic carbocycles. The Morgan fingerprint density at radius 2 is 2.50 bits per heavy atom. The van der Waals surface area contributed by atoms with E-state index in [1.807, 2.05) is 7.05 Å². The summed E-state index contributed by atoms with van der Waals surface area (Å²) in [5.74, 6) is 0. The molecule has 0 aromatic carbocycles. The first-order valence-electron chi connectivity index (χ1n) is 3.49. The maximum Gasteiger partial charge on any atom is 0.0357 e. The molecule has 0 saturated heterocycles. The van der Waals surface area contributed by atoms with Crippen LogP contribution in [0.1, 0.15) is 6.42 Å². The molecule has 1 heterocycles. The van der Waals surface area contributed by atoms with Gasteiger partial charge in [0.25, 0.3) is 0 Å². The highest BCUT2D eigenvalue weighted by Crippen LogP contribution is 2.06. The van der Waals surface area contributed by atoms with E-state index in [1.54, 1.807) is 0 Å². The van der Waals surface area contributed by atoms with E-state index in [0.717, 1.165) is 30.8 Å². The highest BCUT2D eigenvalue weighted by atomic mass is 15.0. The first-order chi connectivity index (χ1) is 4.88.